The maximum Gasteiger partial charge on any atom is 0.244 e. The van der Waals surface area contributed by atoms with Gasteiger partial charge in [0.2, 0.25) is 5.91 Å². The molecule has 0 unspecified atom stereocenters. The van der Waals surface area contributed by atoms with Crippen molar-refractivity contribution in [3.05, 3.63) is 54.5 Å². The average molecular weight is 378 g/mol. The highest BCUT2D eigenvalue weighted by Crippen LogP contribution is 2.17. The van der Waals surface area contributed by atoms with E-state index in [1.54, 1.807) is 17.1 Å². The van der Waals surface area contributed by atoms with E-state index >= 15 is 0 Å². The second-order valence-corrected chi connectivity index (χ2v) is 6.64. The molecule has 0 aliphatic carbocycles. The fourth-order valence-electron chi connectivity index (χ4n) is 3.12. The minimum Gasteiger partial charge on any atom is -0.352 e. The molecule has 0 atom stereocenters. The molecular weight excluding hydrogens is 356 g/mol. The van der Waals surface area contributed by atoms with Gasteiger partial charge in [0.1, 0.15) is 12.4 Å². The SMILES string of the molecule is Cc1cccc(Nc2ccc(N3CCN(C(=O)Cn4cccn4)CC3)nn2)n1. The normalized spacial score (nSPS) is 14.2. The van der Waals surface area contributed by atoms with Crippen molar-refractivity contribution in [2.75, 3.05) is 36.4 Å². The Bertz CT molecular complexity index is 917. The molecule has 9 heteroatoms. The summed E-state index contributed by atoms with van der Waals surface area (Å²) < 4.78 is 1.65. The zero-order chi connectivity index (χ0) is 19.3. The third-order valence-electron chi connectivity index (χ3n) is 4.61. The number of amides is 1. The Morgan fingerprint density at radius 1 is 1.04 bits per heavy atom. The van der Waals surface area contributed by atoms with Gasteiger partial charge in [-0.3, -0.25) is 9.48 Å². The van der Waals surface area contributed by atoms with Crippen LogP contribution in [0.15, 0.2) is 48.8 Å². The largest absolute Gasteiger partial charge is 0.352 e. The molecule has 3 aromatic heterocycles. The molecule has 0 bridgehead atoms. The summed E-state index contributed by atoms with van der Waals surface area (Å²) in [6, 6.07) is 11.4. The smallest absolute Gasteiger partial charge is 0.244 e. The maximum atomic E-state index is 12.4. The lowest BCUT2D eigenvalue weighted by Crippen LogP contribution is -2.49. The second kappa shape index (κ2) is 8.03. The first-order chi connectivity index (χ1) is 13.7. The Kier molecular flexibility index (Phi) is 5.14. The van der Waals surface area contributed by atoms with E-state index in [4.69, 9.17) is 0 Å². The van der Waals surface area contributed by atoms with E-state index in [0.717, 1.165) is 30.4 Å². The Balaban J connectivity index is 1.31. The Hall–Kier alpha value is -3.49. The van der Waals surface area contributed by atoms with Gasteiger partial charge in [0.15, 0.2) is 11.6 Å². The van der Waals surface area contributed by atoms with Gasteiger partial charge in [0.25, 0.3) is 0 Å². The molecule has 0 spiro atoms. The number of rotatable bonds is 5. The van der Waals surface area contributed by atoms with Crippen LogP contribution in [0.2, 0.25) is 0 Å². The maximum absolute atomic E-state index is 12.4. The van der Waals surface area contributed by atoms with E-state index in [1.165, 1.54) is 0 Å². The Morgan fingerprint density at radius 3 is 2.57 bits per heavy atom. The highest BCUT2D eigenvalue weighted by molar-refractivity contribution is 5.76. The van der Waals surface area contributed by atoms with E-state index in [-0.39, 0.29) is 12.5 Å². The molecule has 3 aromatic rings. The van der Waals surface area contributed by atoms with Crippen LogP contribution in [0.25, 0.3) is 0 Å². The van der Waals surface area contributed by atoms with E-state index in [9.17, 15) is 4.79 Å². The first-order valence-corrected chi connectivity index (χ1v) is 9.22. The van der Waals surface area contributed by atoms with Crippen molar-refractivity contribution < 1.29 is 4.79 Å². The van der Waals surface area contributed by atoms with Crippen LogP contribution in [0.5, 0.6) is 0 Å². The Morgan fingerprint density at radius 2 is 1.89 bits per heavy atom. The predicted octanol–water partition coefficient (Wildman–Crippen LogP) is 1.47. The number of aromatic nitrogens is 5. The van der Waals surface area contributed by atoms with Gasteiger partial charge in [0.05, 0.1) is 0 Å². The number of nitrogens with one attached hydrogen (secondary N) is 1. The summed E-state index contributed by atoms with van der Waals surface area (Å²) in [5.74, 6) is 2.28. The fourth-order valence-corrected chi connectivity index (χ4v) is 3.12. The molecule has 4 rings (SSSR count). The predicted molar refractivity (Wildman–Crippen MR) is 105 cm³/mol. The van der Waals surface area contributed by atoms with Gasteiger partial charge in [-0.15, -0.1) is 10.2 Å². The van der Waals surface area contributed by atoms with Gasteiger partial charge in [0, 0.05) is 44.3 Å². The number of carbonyl (C=O) groups is 1. The monoisotopic (exact) mass is 378 g/mol. The molecule has 1 saturated heterocycles. The Labute approximate surface area is 163 Å². The quantitative estimate of drug-likeness (QED) is 0.719. The molecule has 0 radical (unpaired) electrons. The number of hydrogen-bond donors (Lipinski definition) is 1. The van der Waals surface area contributed by atoms with Crippen LogP contribution >= 0.6 is 0 Å². The summed E-state index contributed by atoms with van der Waals surface area (Å²) >= 11 is 0. The number of hydrogen-bond acceptors (Lipinski definition) is 7. The van der Waals surface area contributed by atoms with Crippen molar-refractivity contribution in [1.82, 2.24) is 29.9 Å². The second-order valence-electron chi connectivity index (χ2n) is 6.64. The van der Waals surface area contributed by atoms with Crippen LogP contribution in [0.1, 0.15) is 5.69 Å². The third-order valence-corrected chi connectivity index (χ3v) is 4.61. The summed E-state index contributed by atoms with van der Waals surface area (Å²) in [5.41, 5.74) is 0.939. The summed E-state index contributed by atoms with van der Waals surface area (Å²) in [4.78, 5) is 20.8. The topological polar surface area (TPSA) is 92.1 Å². The van der Waals surface area contributed by atoms with Crippen molar-refractivity contribution in [3.63, 3.8) is 0 Å². The van der Waals surface area contributed by atoms with Crippen LogP contribution in [0.4, 0.5) is 17.5 Å². The molecule has 0 aromatic carbocycles. The number of piperazine rings is 1. The molecule has 1 aliphatic heterocycles. The van der Waals surface area contributed by atoms with Crippen molar-refractivity contribution in [3.8, 4) is 0 Å². The van der Waals surface area contributed by atoms with Gasteiger partial charge in [-0.05, 0) is 37.3 Å². The van der Waals surface area contributed by atoms with E-state index in [2.05, 4.69) is 30.5 Å². The lowest BCUT2D eigenvalue weighted by Gasteiger charge is -2.35. The van der Waals surface area contributed by atoms with Crippen molar-refractivity contribution >= 4 is 23.4 Å². The van der Waals surface area contributed by atoms with Crippen molar-refractivity contribution in [2.45, 2.75) is 13.5 Å². The molecule has 28 heavy (non-hydrogen) atoms. The van der Waals surface area contributed by atoms with Gasteiger partial charge < -0.3 is 15.1 Å². The number of pyridine rings is 1. The third kappa shape index (κ3) is 4.25. The zero-order valence-electron chi connectivity index (χ0n) is 15.7. The van der Waals surface area contributed by atoms with Crippen LogP contribution in [0, 0.1) is 6.92 Å². The van der Waals surface area contributed by atoms with Gasteiger partial charge in [-0.2, -0.15) is 5.10 Å². The summed E-state index contributed by atoms with van der Waals surface area (Å²) in [6.45, 7) is 5.00. The summed E-state index contributed by atoms with van der Waals surface area (Å²) in [6.07, 6.45) is 3.48. The van der Waals surface area contributed by atoms with Crippen LogP contribution in [0.3, 0.4) is 0 Å². The van der Waals surface area contributed by atoms with E-state index in [1.807, 2.05) is 48.2 Å². The van der Waals surface area contributed by atoms with Gasteiger partial charge >= 0.3 is 0 Å². The minimum atomic E-state index is 0.0830. The molecule has 1 aliphatic rings. The van der Waals surface area contributed by atoms with Crippen molar-refractivity contribution in [1.29, 1.82) is 0 Å². The molecule has 4 heterocycles. The van der Waals surface area contributed by atoms with E-state index < -0.39 is 0 Å². The number of carbonyl (C=O) groups excluding carboxylic acids is 1. The summed E-state index contributed by atoms with van der Waals surface area (Å²) in [7, 11) is 0. The first kappa shape index (κ1) is 17.9. The number of nitrogens with zero attached hydrogens (tertiary/aromatic N) is 7. The molecule has 144 valence electrons. The molecule has 9 nitrogen and oxygen atoms in total. The standard InChI is InChI=1S/C19H22N8O/c1-15-4-2-5-16(21-15)22-17-6-7-18(24-23-17)25-10-12-26(13-11-25)19(28)14-27-9-3-8-20-27/h2-9H,10-14H2,1H3,(H,21,22,23). The lowest BCUT2D eigenvalue weighted by molar-refractivity contribution is -0.132. The molecule has 0 saturated carbocycles. The van der Waals surface area contributed by atoms with Crippen molar-refractivity contribution in [2.24, 2.45) is 0 Å². The summed E-state index contributed by atoms with van der Waals surface area (Å²) in [5, 5.41) is 15.8. The number of aryl methyl sites for hydroxylation is 1. The highest BCUT2D eigenvalue weighted by atomic mass is 16.2. The molecule has 1 N–H and O–H groups in total. The molecule has 1 amide bonds. The minimum absolute atomic E-state index is 0.0830. The van der Waals surface area contributed by atoms with Crippen LogP contribution in [-0.4, -0.2) is 61.9 Å². The zero-order valence-corrected chi connectivity index (χ0v) is 15.7. The molecular formula is C19H22N8O. The van der Waals surface area contributed by atoms with E-state index in [0.29, 0.717) is 18.9 Å². The van der Waals surface area contributed by atoms with Gasteiger partial charge in [-0.1, -0.05) is 6.07 Å². The van der Waals surface area contributed by atoms with Gasteiger partial charge in [-0.25, -0.2) is 4.98 Å². The first-order valence-electron chi connectivity index (χ1n) is 9.22. The molecule has 1 fully saturated rings. The van der Waals surface area contributed by atoms with Crippen LogP contribution < -0.4 is 10.2 Å². The number of anilines is 3. The average Bonchev–Trinajstić information content (AvgIpc) is 3.22. The lowest BCUT2D eigenvalue weighted by atomic mass is 10.3. The fraction of sp³-hybridized carbons (Fsp3) is 0.316. The van der Waals surface area contributed by atoms with Crippen LogP contribution in [-0.2, 0) is 11.3 Å². The highest BCUT2D eigenvalue weighted by Gasteiger charge is 2.22.